The van der Waals surface area contributed by atoms with E-state index in [1.54, 1.807) is 11.8 Å². The molecular formula is C30H32ClN3OS. The van der Waals surface area contributed by atoms with Crippen molar-refractivity contribution in [2.45, 2.75) is 52.5 Å². The number of carbonyl (C=O) groups is 1. The molecule has 0 fully saturated rings. The van der Waals surface area contributed by atoms with Crippen molar-refractivity contribution in [1.29, 1.82) is 0 Å². The minimum absolute atomic E-state index is 0.133. The van der Waals surface area contributed by atoms with Crippen LogP contribution >= 0.6 is 23.4 Å². The molecule has 36 heavy (non-hydrogen) atoms. The van der Waals surface area contributed by atoms with Gasteiger partial charge in [0.05, 0.1) is 22.4 Å². The van der Waals surface area contributed by atoms with Gasteiger partial charge in [-0.2, -0.15) is 5.10 Å². The Morgan fingerprint density at radius 3 is 2.72 bits per heavy atom. The van der Waals surface area contributed by atoms with Gasteiger partial charge in [-0.3, -0.25) is 4.79 Å². The molecule has 4 rings (SSSR count). The summed E-state index contributed by atoms with van der Waals surface area (Å²) in [6, 6.07) is 15.9. The number of thioether (sulfide) groups is 1. The van der Waals surface area contributed by atoms with Crippen LogP contribution < -0.4 is 5.32 Å². The van der Waals surface area contributed by atoms with Gasteiger partial charge < -0.3 is 5.32 Å². The van der Waals surface area contributed by atoms with Crippen LogP contribution in [0.1, 0.15) is 72.5 Å². The fourth-order valence-corrected chi connectivity index (χ4v) is 5.25. The van der Waals surface area contributed by atoms with E-state index in [1.165, 1.54) is 0 Å². The van der Waals surface area contributed by atoms with Crippen molar-refractivity contribution in [2.75, 3.05) is 0 Å². The Bertz CT molecular complexity index is 1320. The molecule has 3 aromatic rings. The number of nitrogens with zero attached hydrogens (tertiary/aromatic N) is 2. The Morgan fingerprint density at radius 2 is 2.03 bits per heavy atom. The van der Waals surface area contributed by atoms with E-state index < -0.39 is 0 Å². The molecule has 0 saturated heterocycles. The molecule has 1 N–H and O–H groups in total. The number of aryl methyl sites for hydroxylation is 1. The SMILES string of the molecule is C=CS/C=C(C)/C=C1\CCCc2c(C(=O)N[C@H](C)c3ccccc3)nn(-c3ccc(CC)cc3Cl)c21. The lowest BCUT2D eigenvalue weighted by molar-refractivity contribution is 0.0933. The van der Waals surface area contributed by atoms with Crippen LogP contribution in [-0.2, 0) is 12.8 Å². The topological polar surface area (TPSA) is 46.9 Å². The standard InChI is InChI=1S/C30H32ClN3OS/c1-5-22-15-16-27(26(31)18-22)34-29-24(17-20(3)19-36-6-2)13-10-14-25(29)28(33-34)30(35)32-21(4)23-11-8-7-9-12-23/h6-9,11-12,15-19,21H,2,5,10,13-14H2,1,3-4H3,(H,32,35)/b20-19+,24-17+/t21-/m1/s1. The highest BCUT2D eigenvalue weighted by atomic mass is 35.5. The largest absolute Gasteiger partial charge is 0.344 e. The lowest BCUT2D eigenvalue weighted by atomic mass is 9.89. The summed E-state index contributed by atoms with van der Waals surface area (Å²) < 4.78 is 1.87. The zero-order chi connectivity index (χ0) is 25.7. The van der Waals surface area contributed by atoms with Crippen molar-refractivity contribution in [2.24, 2.45) is 0 Å². The molecule has 0 unspecified atom stereocenters. The minimum atomic E-state index is -0.168. The van der Waals surface area contributed by atoms with Crippen molar-refractivity contribution in [1.82, 2.24) is 15.1 Å². The van der Waals surface area contributed by atoms with Crippen LogP contribution in [0.3, 0.4) is 0 Å². The van der Waals surface area contributed by atoms with Gasteiger partial charge in [-0.15, -0.1) is 11.8 Å². The van der Waals surface area contributed by atoms with Gasteiger partial charge in [0.25, 0.3) is 5.91 Å². The molecule has 0 spiro atoms. The lowest BCUT2D eigenvalue weighted by Gasteiger charge is -2.19. The fourth-order valence-electron chi connectivity index (χ4n) is 4.58. The van der Waals surface area contributed by atoms with E-state index in [0.29, 0.717) is 10.7 Å². The second kappa shape index (κ2) is 11.8. The van der Waals surface area contributed by atoms with Crippen LogP contribution in [0, 0.1) is 0 Å². The van der Waals surface area contributed by atoms with Crippen molar-refractivity contribution in [3.05, 3.63) is 111 Å². The molecule has 0 radical (unpaired) electrons. The Kier molecular flexibility index (Phi) is 8.55. The number of hydrogen-bond donors (Lipinski definition) is 1. The summed E-state index contributed by atoms with van der Waals surface area (Å²) in [7, 11) is 0. The fraction of sp³-hybridized carbons (Fsp3) is 0.267. The van der Waals surface area contributed by atoms with Gasteiger partial charge in [0.2, 0.25) is 0 Å². The monoisotopic (exact) mass is 517 g/mol. The van der Waals surface area contributed by atoms with Crippen molar-refractivity contribution < 1.29 is 4.79 Å². The summed E-state index contributed by atoms with van der Waals surface area (Å²) in [4.78, 5) is 13.5. The van der Waals surface area contributed by atoms with E-state index in [9.17, 15) is 4.79 Å². The Hall–Kier alpha value is -3.02. The number of fused-ring (bicyclic) bond motifs is 1. The molecule has 1 amide bonds. The second-order valence-corrected chi connectivity index (χ2v) is 10.3. The first kappa shape index (κ1) is 26.1. The first-order valence-corrected chi connectivity index (χ1v) is 13.7. The van der Waals surface area contributed by atoms with E-state index in [2.05, 4.69) is 43.3 Å². The molecule has 0 bridgehead atoms. The maximum Gasteiger partial charge on any atom is 0.272 e. The lowest BCUT2D eigenvalue weighted by Crippen LogP contribution is -2.28. The molecule has 1 heterocycles. The molecule has 1 aromatic heterocycles. The predicted octanol–water partition coefficient (Wildman–Crippen LogP) is 8.08. The number of hydrogen-bond acceptors (Lipinski definition) is 3. The van der Waals surface area contributed by atoms with Crippen molar-refractivity contribution in [3.63, 3.8) is 0 Å². The van der Waals surface area contributed by atoms with Gasteiger partial charge >= 0.3 is 0 Å². The maximum absolute atomic E-state index is 13.5. The number of aromatic nitrogens is 2. The molecule has 186 valence electrons. The average molecular weight is 518 g/mol. The van der Waals surface area contributed by atoms with Crippen molar-refractivity contribution >= 4 is 34.8 Å². The van der Waals surface area contributed by atoms with Crippen molar-refractivity contribution in [3.8, 4) is 5.69 Å². The maximum atomic E-state index is 13.5. The summed E-state index contributed by atoms with van der Waals surface area (Å²) >= 11 is 8.31. The third-order valence-corrected chi connectivity index (χ3v) is 7.43. The zero-order valence-electron chi connectivity index (χ0n) is 21.1. The second-order valence-electron chi connectivity index (χ2n) is 9.02. The zero-order valence-corrected chi connectivity index (χ0v) is 22.6. The van der Waals surface area contributed by atoms with Crippen LogP contribution in [0.4, 0.5) is 0 Å². The normalized spacial score (nSPS) is 15.4. The van der Waals surface area contributed by atoms with E-state index in [4.69, 9.17) is 16.7 Å². The van der Waals surface area contributed by atoms with E-state index in [0.717, 1.165) is 64.9 Å². The Morgan fingerprint density at radius 1 is 1.25 bits per heavy atom. The highest BCUT2D eigenvalue weighted by Gasteiger charge is 2.29. The van der Waals surface area contributed by atoms with Gasteiger partial charge in [-0.05, 0) is 84.8 Å². The summed E-state index contributed by atoms with van der Waals surface area (Å²) in [5.41, 5.74) is 7.71. The summed E-state index contributed by atoms with van der Waals surface area (Å²) in [6.45, 7) is 9.97. The number of nitrogens with one attached hydrogen (secondary N) is 1. The predicted molar refractivity (Wildman–Crippen MR) is 153 cm³/mol. The van der Waals surface area contributed by atoms with E-state index in [-0.39, 0.29) is 11.9 Å². The van der Waals surface area contributed by atoms with Crippen LogP contribution in [0.2, 0.25) is 5.02 Å². The number of carbonyl (C=O) groups excluding carboxylic acids is 1. The van der Waals surface area contributed by atoms with Gasteiger partial charge in [0.15, 0.2) is 5.69 Å². The summed E-state index contributed by atoms with van der Waals surface area (Å²) in [5.74, 6) is -0.168. The number of amides is 1. The quantitative estimate of drug-likeness (QED) is 0.328. The Balaban J connectivity index is 1.81. The van der Waals surface area contributed by atoms with Gasteiger partial charge in [0.1, 0.15) is 0 Å². The molecule has 1 aliphatic rings. The highest BCUT2D eigenvalue weighted by molar-refractivity contribution is 8.04. The third-order valence-electron chi connectivity index (χ3n) is 6.42. The van der Waals surface area contributed by atoms with Gasteiger partial charge in [-0.1, -0.05) is 67.6 Å². The van der Waals surface area contributed by atoms with Gasteiger partial charge in [-0.25, -0.2) is 4.68 Å². The number of benzene rings is 2. The van der Waals surface area contributed by atoms with Gasteiger partial charge in [0, 0.05) is 5.56 Å². The van der Waals surface area contributed by atoms with E-state index >= 15 is 0 Å². The molecule has 1 aliphatic carbocycles. The molecular weight excluding hydrogens is 486 g/mol. The smallest absolute Gasteiger partial charge is 0.272 e. The summed E-state index contributed by atoms with van der Waals surface area (Å²) in [6.07, 6.45) is 5.76. The van der Waals surface area contributed by atoms with Crippen LogP contribution in [0.25, 0.3) is 11.3 Å². The first-order valence-electron chi connectivity index (χ1n) is 12.3. The highest BCUT2D eigenvalue weighted by Crippen LogP contribution is 2.37. The molecule has 4 nitrogen and oxygen atoms in total. The van der Waals surface area contributed by atoms with E-state index in [1.807, 2.05) is 59.5 Å². The number of allylic oxidation sites excluding steroid dienone is 3. The third kappa shape index (κ3) is 5.69. The molecule has 0 saturated carbocycles. The molecule has 6 heteroatoms. The van der Waals surface area contributed by atoms with Crippen LogP contribution in [0.5, 0.6) is 0 Å². The number of rotatable bonds is 8. The average Bonchev–Trinajstić information content (AvgIpc) is 3.28. The molecule has 1 atom stereocenters. The van der Waals surface area contributed by atoms with Crippen LogP contribution in [-0.4, -0.2) is 15.7 Å². The first-order chi connectivity index (χ1) is 17.4. The van der Waals surface area contributed by atoms with Crippen LogP contribution in [0.15, 0.2) is 77.6 Å². The summed E-state index contributed by atoms with van der Waals surface area (Å²) in [5, 5.41) is 12.5. The molecule has 2 aromatic carbocycles. The minimum Gasteiger partial charge on any atom is -0.344 e. The molecule has 0 aliphatic heterocycles. The Labute approximate surface area is 223 Å². The number of halogens is 1.